The highest BCUT2D eigenvalue weighted by Gasteiger charge is 2.30. The van der Waals surface area contributed by atoms with Gasteiger partial charge < -0.3 is 14.6 Å². The molecular formula is C23H28N4O4S. The molecule has 0 atom stereocenters. The zero-order valence-corrected chi connectivity index (χ0v) is 19.2. The van der Waals surface area contributed by atoms with Gasteiger partial charge in [-0.15, -0.1) is 0 Å². The van der Waals surface area contributed by atoms with Gasteiger partial charge in [0.15, 0.2) is 0 Å². The van der Waals surface area contributed by atoms with Gasteiger partial charge in [0.05, 0.1) is 17.6 Å². The minimum atomic E-state index is -3.70. The Hall–Kier alpha value is -2.91. The number of aromatic nitrogens is 2. The summed E-state index contributed by atoms with van der Waals surface area (Å²) < 4.78 is 35.3. The van der Waals surface area contributed by atoms with E-state index in [1.165, 1.54) is 10.4 Å². The normalized spacial score (nSPS) is 14.7. The second kappa shape index (κ2) is 9.30. The average molecular weight is 457 g/mol. The van der Waals surface area contributed by atoms with Crippen LogP contribution in [0, 0.1) is 0 Å². The molecule has 1 aliphatic rings. The molecule has 1 N–H and O–H groups in total. The van der Waals surface area contributed by atoms with E-state index in [0.717, 1.165) is 29.7 Å². The lowest BCUT2D eigenvalue weighted by molar-refractivity contribution is -0.116. The van der Waals surface area contributed by atoms with E-state index in [2.05, 4.69) is 10.3 Å². The number of fused-ring (bicyclic) bond motifs is 1. The Balaban J connectivity index is 1.60. The highest BCUT2D eigenvalue weighted by molar-refractivity contribution is 7.89. The fourth-order valence-electron chi connectivity index (χ4n) is 4.05. The number of amides is 1. The van der Waals surface area contributed by atoms with E-state index in [9.17, 15) is 13.2 Å². The van der Waals surface area contributed by atoms with Crippen LogP contribution in [0.3, 0.4) is 0 Å². The molecule has 0 spiro atoms. The predicted molar refractivity (Wildman–Crippen MR) is 123 cm³/mol. The van der Waals surface area contributed by atoms with E-state index in [0.29, 0.717) is 37.6 Å². The van der Waals surface area contributed by atoms with E-state index in [1.54, 1.807) is 12.1 Å². The van der Waals surface area contributed by atoms with Crippen molar-refractivity contribution >= 4 is 32.7 Å². The molecule has 0 aliphatic carbocycles. The Labute approximate surface area is 188 Å². The molecule has 3 aromatic rings. The minimum Gasteiger partial charge on any atom is -0.492 e. The molecule has 1 fully saturated rings. The number of nitrogens with one attached hydrogen (secondary N) is 1. The maximum atomic E-state index is 13.2. The molecule has 1 amide bonds. The number of para-hydroxylation sites is 2. The third-order valence-electron chi connectivity index (χ3n) is 5.56. The summed E-state index contributed by atoms with van der Waals surface area (Å²) in [5.41, 5.74) is 2.15. The summed E-state index contributed by atoms with van der Waals surface area (Å²) >= 11 is 0. The summed E-state index contributed by atoms with van der Waals surface area (Å²) in [6, 6.07) is 12.5. The van der Waals surface area contributed by atoms with Crippen LogP contribution in [0.2, 0.25) is 0 Å². The van der Waals surface area contributed by atoms with Gasteiger partial charge in [0.25, 0.3) is 0 Å². The summed E-state index contributed by atoms with van der Waals surface area (Å²) in [7, 11) is -3.70. The third-order valence-corrected chi connectivity index (χ3v) is 7.48. The zero-order valence-electron chi connectivity index (χ0n) is 18.4. The quantitative estimate of drug-likeness (QED) is 0.561. The Kier molecular flexibility index (Phi) is 6.48. The van der Waals surface area contributed by atoms with Crippen LogP contribution < -0.4 is 10.1 Å². The van der Waals surface area contributed by atoms with E-state index in [-0.39, 0.29) is 17.3 Å². The van der Waals surface area contributed by atoms with Crippen LogP contribution in [0.5, 0.6) is 5.75 Å². The van der Waals surface area contributed by atoms with E-state index in [1.807, 2.05) is 42.7 Å². The standard InChI is InChI=1S/C23H28N4O4S/c1-3-22-25-18-9-5-6-10-19(18)27(22)16-23(28)24-17-11-12-20(31-4-2)21(15-17)32(29,30)26-13-7-8-14-26/h5-6,9-12,15H,3-4,7-8,13-14,16H2,1-2H3,(H,24,28). The molecule has 0 radical (unpaired) electrons. The summed E-state index contributed by atoms with van der Waals surface area (Å²) in [5, 5.41) is 2.84. The second-order valence-electron chi connectivity index (χ2n) is 7.71. The van der Waals surface area contributed by atoms with Crippen molar-refractivity contribution in [1.82, 2.24) is 13.9 Å². The maximum absolute atomic E-state index is 13.2. The summed E-state index contributed by atoms with van der Waals surface area (Å²) in [6.45, 7) is 5.24. The fourth-order valence-corrected chi connectivity index (χ4v) is 5.72. The van der Waals surface area contributed by atoms with Gasteiger partial charge in [-0.25, -0.2) is 13.4 Å². The molecule has 2 heterocycles. The largest absolute Gasteiger partial charge is 0.492 e. The van der Waals surface area contributed by atoms with Crippen molar-refractivity contribution in [3.63, 3.8) is 0 Å². The van der Waals surface area contributed by atoms with E-state index >= 15 is 0 Å². The lowest BCUT2D eigenvalue weighted by Crippen LogP contribution is -2.28. The summed E-state index contributed by atoms with van der Waals surface area (Å²) in [6.07, 6.45) is 2.39. The number of benzene rings is 2. The van der Waals surface area contributed by atoms with Crippen molar-refractivity contribution < 1.29 is 17.9 Å². The first kappa shape index (κ1) is 22.3. The first-order valence-electron chi connectivity index (χ1n) is 10.9. The van der Waals surface area contributed by atoms with Crippen molar-refractivity contribution in [3.05, 3.63) is 48.3 Å². The van der Waals surface area contributed by atoms with Crippen molar-refractivity contribution in [1.29, 1.82) is 0 Å². The van der Waals surface area contributed by atoms with Gasteiger partial charge in [-0.05, 0) is 50.1 Å². The highest BCUT2D eigenvalue weighted by Crippen LogP contribution is 2.31. The van der Waals surface area contributed by atoms with Crippen LogP contribution in [-0.2, 0) is 27.8 Å². The molecule has 1 aliphatic heterocycles. The SMILES string of the molecule is CCOc1ccc(NC(=O)Cn2c(CC)nc3ccccc32)cc1S(=O)(=O)N1CCCC1. The number of anilines is 1. The Morgan fingerprint density at radius 1 is 1.12 bits per heavy atom. The molecule has 0 unspecified atom stereocenters. The van der Waals surface area contributed by atoms with Crippen LogP contribution in [0.25, 0.3) is 11.0 Å². The Bertz CT molecular complexity index is 1230. The first-order chi connectivity index (χ1) is 15.4. The number of hydrogen-bond donors (Lipinski definition) is 1. The van der Waals surface area contributed by atoms with Gasteiger partial charge in [0.1, 0.15) is 23.0 Å². The van der Waals surface area contributed by atoms with Crippen molar-refractivity contribution in [3.8, 4) is 5.75 Å². The molecule has 0 bridgehead atoms. The van der Waals surface area contributed by atoms with Crippen LogP contribution in [0.1, 0.15) is 32.5 Å². The predicted octanol–water partition coefficient (Wildman–Crippen LogP) is 3.42. The molecule has 1 saturated heterocycles. The summed E-state index contributed by atoms with van der Waals surface area (Å²) in [5.74, 6) is 0.869. The van der Waals surface area contributed by atoms with Crippen molar-refractivity contribution in [2.24, 2.45) is 0 Å². The van der Waals surface area contributed by atoms with Gasteiger partial charge in [-0.2, -0.15) is 4.31 Å². The monoisotopic (exact) mass is 456 g/mol. The molecule has 0 saturated carbocycles. The molecule has 4 rings (SSSR count). The van der Waals surface area contributed by atoms with E-state index in [4.69, 9.17) is 4.74 Å². The van der Waals surface area contributed by atoms with Crippen LogP contribution in [0.4, 0.5) is 5.69 Å². The van der Waals surface area contributed by atoms with Crippen LogP contribution in [0.15, 0.2) is 47.4 Å². The Morgan fingerprint density at radius 2 is 1.88 bits per heavy atom. The molecule has 9 heteroatoms. The zero-order chi connectivity index (χ0) is 22.7. The maximum Gasteiger partial charge on any atom is 0.246 e. The van der Waals surface area contributed by atoms with Crippen LogP contribution >= 0.6 is 0 Å². The number of aryl methyl sites for hydroxylation is 1. The molecule has 2 aromatic carbocycles. The Morgan fingerprint density at radius 3 is 2.59 bits per heavy atom. The fraction of sp³-hybridized carbons (Fsp3) is 0.391. The van der Waals surface area contributed by atoms with E-state index < -0.39 is 10.0 Å². The molecule has 1 aromatic heterocycles. The molecule has 32 heavy (non-hydrogen) atoms. The molecule has 170 valence electrons. The van der Waals surface area contributed by atoms with Gasteiger partial charge in [0.2, 0.25) is 15.9 Å². The number of sulfonamides is 1. The van der Waals surface area contributed by atoms with Crippen LogP contribution in [-0.4, -0.2) is 47.9 Å². The van der Waals surface area contributed by atoms with Crippen molar-refractivity contribution in [2.75, 3.05) is 25.0 Å². The lowest BCUT2D eigenvalue weighted by Gasteiger charge is -2.19. The minimum absolute atomic E-state index is 0.0846. The smallest absolute Gasteiger partial charge is 0.246 e. The van der Waals surface area contributed by atoms with Gasteiger partial charge in [-0.1, -0.05) is 19.1 Å². The molecular weight excluding hydrogens is 428 g/mol. The average Bonchev–Trinajstić information content (AvgIpc) is 3.44. The third kappa shape index (κ3) is 4.35. The number of carbonyl (C=O) groups excluding carboxylic acids is 1. The number of ether oxygens (including phenoxy) is 1. The number of hydrogen-bond acceptors (Lipinski definition) is 5. The molecule has 8 nitrogen and oxygen atoms in total. The lowest BCUT2D eigenvalue weighted by atomic mass is 10.3. The number of imidazole rings is 1. The first-order valence-corrected chi connectivity index (χ1v) is 12.4. The topological polar surface area (TPSA) is 93.5 Å². The van der Waals surface area contributed by atoms with Gasteiger partial charge in [-0.3, -0.25) is 4.79 Å². The van der Waals surface area contributed by atoms with Gasteiger partial charge >= 0.3 is 0 Å². The second-order valence-corrected chi connectivity index (χ2v) is 9.62. The number of rotatable bonds is 8. The van der Waals surface area contributed by atoms with Gasteiger partial charge in [0, 0.05) is 25.2 Å². The number of nitrogens with zero attached hydrogens (tertiary/aromatic N) is 3. The highest BCUT2D eigenvalue weighted by atomic mass is 32.2. The number of carbonyl (C=O) groups is 1. The summed E-state index contributed by atoms with van der Waals surface area (Å²) in [4.78, 5) is 17.5. The van der Waals surface area contributed by atoms with Crippen molar-refractivity contribution in [2.45, 2.75) is 44.6 Å².